The third-order valence-electron chi connectivity index (χ3n) is 3.44. The van der Waals surface area contributed by atoms with Gasteiger partial charge in [-0.2, -0.15) is 0 Å². The zero-order valence-corrected chi connectivity index (χ0v) is 12.9. The lowest BCUT2D eigenvalue weighted by molar-refractivity contribution is 0.581. The first-order chi connectivity index (χ1) is 11.2. The SMILES string of the molecule is Cc1nc2ccccc2nc1-c1nnc(-c2cccc(Cl)c2)o1. The molecule has 0 aliphatic heterocycles. The molecule has 2 heterocycles. The van der Waals surface area contributed by atoms with Crippen LogP contribution in [0.15, 0.2) is 52.9 Å². The predicted molar refractivity (Wildman–Crippen MR) is 88.0 cm³/mol. The van der Waals surface area contributed by atoms with Gasteiger partial charge in [-0.25, -0.2) is 9.97 Å². The summed E-state index contributed by atoms with van der Waals surface area (Å²) in [6.07, 6.45) is 0. The number of halogens is 1. The molecule has 0 amide bonds. The van der Waals surface area contributed by atoms with Gasteiger partial charge in [0.05, 0.1) is 16.7 Å². The molecule has 112 valence electrons. The Morgan fingerprint density at radius 1 is 0.870 bits per heavy atom. The molecule has 4 rings (SSSR count). The van der Waals surface area contributed by atoms with E-state index >= 15 is 0 Å². The van der Waals surface area contributed by atoms with E-state index in [0.29, 0.717) is 22.5 Å². The fourth-order valence-electron chi connectivity index (χ4n) is 2.35. The van der Waals surface area contributed by atoms with Gasteiger partial charge in [-0.15, -0.1) is 10.2 Å². The number of rotatable bonds is 2. The summed E-state index contributed by atoms with van der Waals surface area (Å²) in [5.41, 5.74) is 3.72. The summed E-state index contributed by atoms with van der Waals surface area (Å²) in [7, 11) is 0. The van der Waals surface area contributed by atoms with Crippen molar-refractivity contribution >= 4 is 22.6 Å². The largest absolute Gasteiger partial charge is 0.415 e. The Kier molecular flexibility index (Phi) is 3.28. The van der Waals surface area contributed by atoms with Gasteiger partial charge in [-0.05, 0) is 37.3 Å². The van der Waals surface area contributed by atoms with Crippen LogP contribution in [0.3, 0.4) is 0 Å². The van der Waals surface area contributed by atoms with E-state index in [1.807, 2.05) is 43.3 Å². The van der Waals surface area contributed by atoms with Crippen molar-refractivity contribution in [3.8, 4) is 23.0 Å². The molecule has 4 aromatic rings. The van der Waals surface area contributed by atoms with E-state index in [-0.39, 0.29) is 0 Å². The van der Waals surface area contributed by atoms with Crippen LogP contribution < -0.4 is 0 Å². The van der Waals surface area contributed by atoms with Crippen molar-refractivity contribution < 1.29 is 4.42 Å². The molecule has 0 aliphatic rings. The van der Waals surface area contributed by atoms with E-state index in [4.69, 9.17) is 16.0 Å². The van der Waals surface area contributed by atoms with E-state index in [0.717, 1.165) is 22.3 Å². The Hall–Kier alpha value is -2.79. The van der Waals surface area contributed by atoms with Crippen molar-refractivity contribution in [2.24, 2.45) is 0 Å². The Morgan fingerprint density at radius 2 is 1.61 bits per heavy atom. The molecule has 0 aliphatic carbocycles. The lowest BCUT2D eigenvalue weighted by Crippen LogP contribution is -1.94. The van der Waals surface area contributed by atoms with Gasteiger partial charge in [0.1, 0.15) is 5.69 Å². The molecule has 0 saturated carbocycles. The first-order valence-corrected chi connectivity index (χ1v) is 7.42. The first-order valence-electron chi connectivity index (χ1n) is 7.04. The molecule has 0 atom stereocenters. The molecule has 23 heavy (non-hydrogen) atoms. The average Bonchev–Trinajstić information content (AvgIpc) is 3.04. The van der Waals surface area contributed by atoms with Crippen molar-refractivity contribution in [2.45, 2.75) is 6.92 Å². The maximum Gasteiger partial charge on any atom is 0.268 e. The van der Waals surface area contributed by atoms with Crippen LogP contribution in [0, 0.1) is 6.92 Å². The minimum absolute atomic E-state index is 0.343. The summed E-state index contributed by atoms with van der Waals surface area (Å²) in [5.74, 6) is 0.743. The lowest BCUT2D eigenvalue weighted by atomic mass is 10.2. The molecule has 0 fully saturated rings. The van der Waals surface area contributed by atoms with Gasteiger partial charge >= 0.3 is 0 Å². The van der Waals surface area contributed by atoms with Crippen LogP contribution in [0.2, 0.25) is 5.02 Å². The number of aryl methyl sites for hydroxylation is 1. The third kappa shape index (κ3) is 2.55. The molecule has 0 spiro atoms. The lowest BCUT2D eigenvalue weighted by Gasteiger charge is -2.02. The summed E-state index contributed by atoms with van der Waals surface area (Å²) in [6, 6.07) is 14.9. The highest BCUT2D eigenvalue weighted by Gasteiger charge is 2.15. The number of aromatic nitrogens is 4. The molecule has 0 radical (unpaired) electrons. The van der Waals surface area contributed by atoms with Crippen molar-refractivity contribution in [1.82, 2.24) is 20.2 Å². The zero-order chi connectivity index (χ0) is 15.8. The molecule has 6 heteroatoms. The summed E-state index contributed by atoms with van der Waals surface area (Å²) < 4.78 is 5.76. The summed E-state index contributed by atoms with van der Waals surface area (Å²) >= 11 is 6.00. The maximum atomic E-state index is 6.00. The van der Waals surface area contributed by atoms with Crippen LogP contribution in [0.1, 0.15) is 5.69 Å². The monoisotopic (exact) mass is 322 g/mol. The average molecular weight is 323 g/mol. The number of hydrogen-bond acceptors (Lipinski definition) is 5. The summed E-state index contributed by atoms with van der Waals surface area (Å²) in [6.45, 7) is 1.87. The van der Waals surface area contributed by atoms with Crippen LogP contribution in [-0.4, -0.2) is 20.2 Å². The van der Waals surface area contributed by atoms with Gasteiger partial charge < -0.3 is 4.42 Å². The Bertz CT molecular complexity index is 1010. The third-order valence-corrected chi connectivity index (χ3v) is 3.68. The van der Waals surface area contributed by atoms with E-state index in [1.165, 1.54) is 0 Å². The second kappa shape index (κ2) is 5.44. The van der Waals surface area contributed by atoms with Crippen molar-refractivity contribution in [3.05, 3.63) is 59.2 Å². The Labute approximate surface area is 137 Å². The fraction of sp³-hybridized carbons (Fsp3) is 0.0588. The number of benzene rings is 2. The highest BCUT2D eigenvalue weighted by atomic mass is 35.5. The Balaban J connectivity index is 1.81. The van der Waals surface area contributed by atoms with Gasteiger partial charge in [-0.1, -0.05) is 29.8 Å². The van der Waals surface area contributed by atoms with Gasteiger partial charge in [0.25, 0.3) is 5.89 Å². The van der Waals surface area contributed by atoms with Gasteiger partial charge in [0.2, 0.25) is 5.89 Å². The number of nitrogens with zero attached hydrogens (tertiary/aromatic N) is 4. The molecule has 2 aromatic heterocycles. The molecule has 5 nitrogen and oxygen atoms in total. The smallest absolute Gasteiger partial charge is 0.268 e. The number of para-hydroxylation sites is 2. The first kappa shape index (κ1) is 13.8. The second-order valence-electron chi connectivity index (χ2n) is 5.07. The van der Waals surface area contributed by atoms with E-state index in [1.54, 1.807) is 12.1 Å². The highest BCUT2D eigenvalue weighted by molar-refractivity contribution is 6.30. The van der Waals surface area contributed by atoms with Crippen LogP contribution in [0.5, 0.6) is 0 Å². The highest BCUT2D eigenvalue weighted by Crippen LogP contribution is 2.26. The normalized spacial score (nSPS) is 11.0. The molecular weight excluding hydrogens is 312 g/mol. The maximum absolute atomic E-state index is 6.00. The van der Waals surface area contributed by atoms with Crippen LogP contribution >= 0.6 is 11.6 Å². The molecule has 0 saturated heterocycles. The van der Waals surface area contributed by atoms with E-state index < -0.39 is 0 Å². The fourth-order valence-corrected chi connectivity index (χ4v) is 2.54. The van der Waals surface area contributed by atoms with E-state index in [2.05, 4.69) is 20.2 Å². The summed E-state index contributed by atoms with van der Waals surface area (Å²) in [5, 5.41) is 8.79. The quantitative estimate of drug-likeness (QED) is 0.550. The van der Waals surface area contributed by atoms with Crippen LogP contribution in [0.4, 0.5) is 0 Å². The number of hydrogen-bond donors (Lipinski definition) is 0. The topological polar surface area (TPSA) is 64.7 Å². The van der Waals surface area contributed by atoms with Crippen LogP contribution in [0.25, 0.3) is 34.1 Å². The molecule has 0 bridgehead atoms. The second-order valence-corrected chi connectivity index (χ2v) is 5.51. The van der Waals surface area contributed by atoms with Crippen molar-refractivity contribution in [2.75, 3.05) is 0 Å². The minimum Gasteiger partial charge on any atom is -0.415 e. The van der Waals surface area contributed by atoms with Gasteiger partial charge in [0.15, 0.2) is 0 Å². The number of fused-ring (bicyclic) bond motifs is 1. The van der Waals surface area contributed by atoms with Crippen LogP contribution in [-0.2, 0) is 0 Å². The van der Waals surface area contributed by atoms with Crippen molar-refractivity contribution in [3.63, 3.8) is 0 Å². The Morgan fingerprint density at radius 3 is 2.39 bits per heavy atom. The minimum atomic E-state index is 0.343. The summed E-state index contributed by atoms with van der Waals surface area (Å²) in [4.78, 5) is 9.12. The van der Waals surface area contributed by atoms with Gasteiger partial charge in [0, 0.05) is 10.6 Å². The molecule has 2 aromatic carbocycles. The van der Waals surface area contributed by atoms with Crippen molar-refractivity contribution in [1.29, 1.82) is 0 Å². The van der Waals surface area contributed by atoms with Gasteiger partial charge in [-0.3, -0.25) is 0 Å². The zero-order valence-electron chi connectivity index (χ0n) is 12.2. The van der Waals surface area contributed by atoms with E-state index in [9.17, 15) is 0 Å². The predicted octanol–water partition coefficient (Wildman–Crippen LogP) is 4.31. The molecule has 0 unspecified atom stereocenters. The molecule has 0 N–H and O–H groups in total. The molecular formula is C17H11ClN4O. The standard InChI is InChI=1S/C17H11ClN4O/c1-10-15(20-14-8-3-2-7-13(14)19-10)17-22-21-16(23-17)11-5-4-6-12(18)9-11/h2-9H,1H3.